The Labute approximate surface area is 116 Å². The quantitative estimate of drug-likeness (QED) is 0.832. The highest BCUT2D eigenvalue weighted by atomic mass is 16.3. The molecule has 2 atom stereocenters. The van der Waals surface area contributed by atoms with E-state index in [0.717, 1.165) is 30.8 Å². The second-order valence-electron chi connectivity index (χ2n) is 6.03. The molecule has 0 N–H and O–H groups in total. The molecule has 1 aromatic rings. The van der Waals surface area contributed by atoms with Gasteiger partial charge in [-0.05, 0) is 37.9 Å². The smallest absolute Gasteiger partial charge is 0.105 e. The lowest BCUT2D eigenvalue weighted by Gasteiger charge is -2.48. The maximum Gasteiger partial charge on any atom is 0.105 e. The second kappa shape index (κ2) is 6.10. The Balaban J connectivity index is 1.59. The van der Waals surface area contributed by atoms with Gasteiger partial charge in [0.2, 0.25) is 0 Å². The normalized spacial score (nSPS) is 29.3. The van der Waals surface area contributed by atoms with Crippen LogP contribution in [0, 0.1) is 0 Å². The molecule has 19 heavy (non-hydrogen) atoms. The molecule has 2 fully saturated rings. The number of piperidine rings is 1. The molecule has 3 rings (SSSR count). The summed E-state index contributed by atoms with van der Waals surface area (Å²) < 4.78 is 5.46. The molecule has 3 nitrogen and oxygen atoms in total. The zero-order chi connectivity index (χ0) is 13.1. The van der Waals surface area contributed by atoms with E-state index in [2.05, 4.69) is 22.8 Å². The van der Waals surface area contributed by atoms with Crippen LogP contribution in [0.4, 0.5) is 0 Å². The molecule has 0 bridgehead atoms. The first-order valence-corrected chi connectivity index (χ1v) is 7.87. The molecule has 0 aliphatic carbocycles. The maximum atomic E-state index is 5.46. The highest BCUT2D eigenvalue weighted by molar-refractivity contribution is 4.99. The standard InChI is InChI=1S/C16H26N2O/c1-2-14-12-17-9-4-3-6-15(17)13-18(14)10-8-16-7-5-11-19-16/h5,7,11,14-15H,2-4,6,8-10,12-13H2,1H3. The number of nitrogens with zero attached hydrogens (tertiary/aromatic N) is 2. The summed E-state index contributed by atoms with van der Waals surface area (Å²) in [4.78, 5) is 5.44. The topological polar surface area (TPSA) is 19.6 Å². The van der Waals surface area contributed by atoms with Gasteiger partial charge in [0.05, 0.1) is 6.26 Å². The molecule has 0 amide bonds. The van der Waals surface area contributed by atoms with E-state index >= 15 is 0 Å². The third-order valence-corrected chi connectivity index (χ3v) is 4.85. The predicted octanol–water partition coefficient (Wildman–Crippen LogP) is 2.77. The average Bonchev–Trinajstić information content (AvgIpc) is 2.97. The predicted molar refractivity (Wildman–Crippen MR) is 77.3 cm³/mol. The number of rotatable bonds is 4. The van der Waals surface area contributed by atoms with E-state index in [1.165, 1.54) is 45.3 Å². The fourth-order valence-corrected chi connectivity index (χ4v) is 3.68. The fraction of sp³-hybridized carbons (Fsp3) is 0.750. The average molecular weight is 262 g/mol. The molecule has 0 aromatic carbocycles. The molecule has 0 spiro atoms. The van der Waals surface area contributed by atoms with E-state index in [1.807, 2.05) is 6.07 Å². The Kier molecular flexibility index (Phi) is 4.24. The van der Waals surface area contributed by atoms with E-state index in [1.54, 1.807) is 6.26 Å². The van der Waals surface area contributed by atoms with Crippen molar-refractivity contribution in [3.63, 3.8) is 0 Å². The van der Waals surface area contributed by atoms with Gasteiger partial charge in [-0.3, -0.25) is 9.80 Å². The molecule has 2 aliphatic rings. The lowest BCUT2D eigenvalue weighted by Crippen LogP contribution is -2.59. The van der Waals surface area contributed by atoms with Crippen molar-refractivity contribution in [1.82, 2.24) is 9.80 Å². The van der Waals surface area contributed by atoms with Gasteiger partial charge in [-0.15, -0.1) is 0 Å². The van der Waals surface area contributed by atoms with E-state index < -0.39 is 0 Å². The third-order valence-electron chi connectivity index (χ3n) is 4.85. The van der Waals surface area contributed by atoms with E-state index in [0.29, 0.717) is 0 Å². The molecule has 2 unspecified atom stereocenters. The Bertz CT molecular complexity index is 376. The van der Waals surface area contributed by atoms with Crippen LogP contribution in [-0.4, -0.2) is 48.1 Å². The summed E-state index contributed by atoms with van der Waals surface area (Å²) in [6, 6.07) is 5.64. The van der Waals surface area contributed by atoms with Crippen molar-refractivity contribution in [2.75, 3.05) is 26.2 Å². The van der Waals surface area contributed by atoms with Crippen LogP contribution in [-0.2, 0) is 6.42 Å². The Morgan fingerprint density at radius 3 is 3.05 bits per heavy atom. The van der Waals surface area contributed by atoms with Gasteiger partial charge in [0.1, 0.15) is 5.76 Å². The van der Waals surface area contributed by atoms with Gasteiger partial charge in [0.25, 0.3) is 0 Å². The van der Waals surface area contributed by atoms with Crippen molar-refractivity contribution in [3.05, 3.63) is 24.2 Å². The second-order valence-corrected chi connectivity index (χ2v) is 6.03. The van der Waals surface area contributed by atoms with Crippen LogP contribution >= 0.6 is 0 Å². The van der Waals surface area contributed by atoms with Crippen LogP contribution in [0.25, 0.3) is 0 Å². The van der Waals surface area contributed by atoms with Gasteiger partial charge >= 0.3 is 0 Å². The molecule has 3 heterocycles. The molecule has 106 valence electrons. The fourth-order valence-electron chi connectivity index (χ4n) is 3.68. The van der Waals surface area contributed by atoms with Crippen LogP contribution < -0.4 is 0 Å². The van der Waals surface area contributed by atoms with Crippen molar-refractivity contribution < 1.29 is 4.42 Å². The Morgan fingerprint density at radius 1 is 1.32 bits per heavy atom. The van der Waals surface area contributed by atoms with Crippen LogP contribution in [0.15, 0.2) is 22.8 Å². The summed E-state index contributed by atoms with van der Waals surface area (Å²) in [6.07, 6.45) is 8.32. The first-order valence-electron chi connectivity index (χ1n) is 7.87. The minimum atomic E-state index is 0.740. The van der Waals surface area contributed by atoms with Crippen LogP contribution in [0.1, 0.15) is 38.4 Å². The first-order chi connectivity index (χ1) is 9.36. The van der Waals surface area contributed by atoms with E-state index in [-0.39, 0.29) is 0 Å². The largest absolute Gasteiger partial charge is 0.469 e. The summed E-state index contributed by atoms with van der Waals surface area (Å²) in [5.41, 5.74) is 0. The number of hydrogen-bond donors (Lipinski definition) is 0. The molecule has 0 saturated carbocycles. The van der Waals surface area contributed by atoms with Gasteiger partial charge in [0, 0.05) is 38.1 Å². The van der Waals surface area contributed by atoms with Gasteiger partial charge in [-0.2, -0.15) is 0 Å². The van der Waals surface area contributed by atoms with Crippen LogP contribution in [0.5, 0.6) is 0 Å². The highest BCUT2D eigenvalue weighted by Gasteiger charge is 2.33. The molecule has 2 aliphatic heterocycles. The lowest BCUT2D eigenvalue weighted by molar-refractivity contribution is 0.00771. The Morgan fingerprint density at radius 2 is 2.26 bits per heavy atom. The van der Waals surface area contributed by atoms with Crippen molar-refractivity contribution in [3.8, 4) is 0 Å². The molecule has 1 aromatic heterocycles. The van der Waals surface area contributed by atoms with Gasteiger partial charge in [-0.25, -0.2) is 0 Å². The monoisotopic (exact) mass is 262 g/mol. The zero-order valence-corrected chi connectivity index (χ0v) is 12.1. The molecular formula is C16H26N2O. The van der Waals surface area contributed by atoms with Crippen LogP contribution in [0.2, 0.25) is 0 Å². The summed E-state index contributed by atoms with van der Waals surface area (Å²) in [6.45, 7) is 7.34. The molecule has 0 radical (unpaired) electrons. The first kappa shape index (κ1) is 13.2. The maximum absolute atomic E-state index is 5.46. The number of furan rings is 1. The van der Waals surface area contributed by atoms with Gasteiger partial charge in [-0.1, -0.05) is 13.3 Å². The molecule has 3 heteroatoms. The summed E-state index contributed by atoms with van der Waals surface area (Å²) in [7, 11) is 0. The van der Waals surface area contributed by atoms with Crippen molar-refractivity contribution >= 4 is 0 Å². The van der Waals surface area contributed by atoms with Crippen molar-refractivity contribution in [2.24, 2.45) is 0 Å². The number of hydrogen-bond acceptors (Lipinski definition) is 3. The molecule has 2 saturated heterocycles. The minimum absolute atomic E-state index is 0.740. The SMILES string of the molecule is CCC1CN2CCCCC2CN1CCc1ccco1. The van der Waals surface area contributed by atoms with Gasteiger partial charge in [0.15, 0.2) is 0 Å². The van der Waals surface area contributed by atoms with Crippen molar-refractivity contribution in [1.29, 1.82) is 0 Å². The lowest BCUT2D eigenvalue weighted by atomic mass is 9.95. The van der Waals surface area contributed by atoms with Crippen molar-refractivity contribution in [2.45, 2.75) is 51.1 Å². The van der Waals surface area contributed by atoms with Gasteiger partial charge < -0.3 is 4.42 Å². The summed E-state index contributed by atoms with van der Waals surface area (Å²) >= 11 is 0. The highest BCUT2D eigenvalue weighted by Crippen LogP contribution is 2.25. The molecular weight excluding hydrogens is 236 g/mol. The summed E-state index contributed by atoms with van der Waals surface area (Å²) in [5.74, 6) is 1.13. The third kappa shape index (κ3) is 3.03. The Hall–Kier alpha value is -0.800. The summed E-state index contributed by atoms with van der Waals surface area (Å²) in [5, 5.41) is 0. The van der Waals surface area contributed by atoms with E-state index in [4.69, 9.17) is 4.42 Å². The van der Waals surface area contributed by atoms with E-state index in [9.17, 15) is 0 Å². The van der Waals surface area contributed by atoms with Crippen LogP contribution in [0.3, 0.4) is 0 Å². The number of fused-ring (bicyclic) bond motifs is 1. The number of piperazine rings is 1. The minimum Gasteiger partial charge on any atom is -0.469 e. The zero-order valence-electron chi connectivity index (χ0n) is 12.1.